The summed E-state index contributed by atoms with van der Waals surface area (Å²) in [6.07, 6.45) is 1.64. The van der Waals surface area contributed by atoms with Crippen molar-refractivity contribution < 1.29 is 23.5 Å². The predicted octanol–water partition coefficient (Wildman–Crippen LogP) is 6.88. The molecule has 0 saturated carbocycles. The molecule has 32 heavy (non-hydrogen) atoms. The number of ketones is 1. The first-order chi connectivity index (χ1) is 15.4. The Balaban J connectivity index is 1.41. The third-order valence-corrected chi connectivity index (χ3v) is 5.57. The Morgan fingerprint density at radius 1 is 0.969 bits per heavy atom. The van der Waals surface area contributed by atoms with Gasteiger partial charge in [0.2, 0.25) is 11.5 Å². The van der Waals surface area contributed by atoms with E-state index in [1.54, 1.807) is 73.7 Å². The second-order valence-corrected chi connectivity index (χ2v) is 8.11. The van der Waals surface area contributed by atoms with E-state index in [0.29, 0.717) is 37.9 Å². The van der Waals surface area contributed by atoms with Gasteiger partial charge in [0.25, 0.3) is 0 Å². The monoisotopic (exact) mass is 464 g/mol. The smallest absolute Gasteiger partial charge is 0.379 e. The first-order valence-electron chi connectivity index (χ1n) is 9.64. The molecule has 1 aliphatic rings. The van der Waals surface area contributed by atoms with Gasteiger partial charge in [0.15, 0.2) is 5.76 Å². The van der Waals surface area contributed by atoms with Crippen LogP contribution >= 0.6 is 23.2 Å². The average Bonchev–Trinajstić information content (AvgIpc) is 3.33. The van der Waals surface area contributed by atoms with Crippen molar-refractivity contribution in [1.82, 2.24) is 0 Å². The van der Waals surface area contributed by atoms with E-state index in [9.17, 15) is 9.59 Å². The van der Waals surface area contributed by atoms with Gasteiger partial charge in [-0.25, -0.2) is 4.79 Å². The molecule has 0 amide bonds. The number of esters is 1. The molecule has 5 nitrogen and oxygen atoms in total. The van der Waals surface area contributed by atoms with E-state index in [2.05, 4.69) is 0 Å². The van der Waals surface area contributed by atoms with E-state index in [1.165, 1.54) is 0 Å². The molecule has 7 heteroatoms. The second kappa shape index (κ2) is 7.86. The van der Waals surface area contributed by atoms with Gasteiger partial charge in [-0.2, -0.15) is 0 Å². The maximum Gasteiger partial charge on any atom is 0.379 e. The highest BCUT2D eigenvalue weighted by Gasteiger charge is 2.31. The van der Waals surface area contributed by atoms with Gasteiger partial charge in [0, 0.05) is 21.0 Å². The zero-order chi connectivity index (χ0) is 22.4. The van der Waals surface area contributed by atoms with Crippen molar-refractivity contribution in [2.75, 3.05) is 0 Å². The third kappa shape index (κ3) is 3.66. The summed E-state index contributed by atoms with van der Waals surface area (Å²) in [5.41, 5.74) is 2.24. The van der Waals surface area contributed by atoms with E-state index in [-0.39, 0.29) is 23.1 Å². The zero-order valence-electron chi connectivity index (χ0n) is 16.6. The van der Waals surface area contributed by atoms with Crippen LogP contribution in [0.5, 0.6) is 11.5 Å². The molecule has 0 radical (unpaired) electrons. The largest absolute Gasteiger partial charge is 0.452 e. The lowest BCUT2D eigenvalue weighted by Crippen LogP contribution is -2.08. The molecule has 5 rings (SSSR count). The van der Waals surface area contributed by atoms with Crippen LogP contribution in [0.4, 0.5) is 0 Å². The molecule has 2 heterocycles. The summed E-state index contributed by atoms with van der Waals surface area (Å²) in [5.74, 6) is -0.0538. The summed E-state index contributed by atoms with van der Waals surface area (Å²) in [6, 6.07) is 16.8. The summed E-state index contributed by atoms with van der Waals surface area (Å²) in [6.45, 7) is 1.72. The maximum absolute atomic E-state index is 12.7. The average molecular weight is 465 g/mol. The number of hydrogen-bond donors (Lipinski definition) is 0. The van der Waals surface area contributed by atoms with Gasteiger partial charge in [-0.3, -0.25) is 4.79 Å². The maximum atomic E-state index is 12.7. The predicted molar refractivity (Wildman–Crippen MR) is 122 cm³/mol. The van der Waals surface area contributed by atoms with E-state index in [1.807, 2.05) is 0 Å². The molecule has 0 saturated heterocycles. The van der Waals surface area contributed by atoms with Crippen LogP contribution in [0.25, 0.3) is 17.0 Å². The number of benzene rings is 3. The van der Waals surface area contributed by atoms with Crippen molar-refractivity contribution in [3.63, 3.8) is 0 Å². The number of carbonyl (C=O) groups is 2. The van der Waals surface area contributed by atoms with Crippen LogP contribution in [-0.4, -0.2) is 11.8 Å². The molecule has 0 atom stereocenters. The lowest BCUT2D eigenvalue weighted by atomic mass is 10.1. The van der Waals surface area contributed by atoms with Gasteiger partial charge < -0.3 is 13.9 Å². The zero-order valence-corrected chi connectivity index (χ0v) is 18.2. The summed E-state index contributed by atoms with van der Waals surface area (Å²) in [7, 11) is 0. The van der Waals surface area contributed by atoms with Crippen LogP contribution in [0.2, 0.25) is 10.0 Å². The first kappa shape index (κ1) is 20.4. The number of fused-ring (bicyclic) bond motifs is 2. The lowest BCUT2D eigenvalue weighted by Gasteiger charge is -2.09. The molecule has 1 aliphatic heterocycles. The number of halogens is 2. The van der Waals surface area contributed by atoms with E-state index in [4.69, 9.17) is 37.1 Å². The molecule has 1 aromatic heterocycles. The Morgan fingerprint density at radius 3 is 2.50 bits per heavy atom. The minimum absolute atomic E-state index is 0.0440. The number of carbonyl (C=O) groups excluding carboxylic acids is 2. The van der Waals surface area contributed by atoms with Gasteiger partial charge in [-0.05, 0) is 67.1 Å². The molecule has 0 unspecified atom stereocenters. The molecule has 0 N–H and O–H groups in total. The fourth-order valence-electron chi connectivity index (χ4n) is 3.45. The van der Waals surface area contributed by atoms with Gasteiger partial charge in [0.05, 0.1) is 5.56 Å². The van der Waals surface area contributed by atoms with Crippen molar-refractivity contribution in [3.05, 3.63) is 98.9 Å². The third-order valence-electron chi connectivity index (χ3n) is 5.09. The summed E-state index contributed by atoms with van der Waals surface area (Å²) < 4.78 is 16.9. The quantitative estimate of drug-likeness (QED) is 0.187. The van der Waals surface area contributed by atoms with Crippen LogP contribution in [-0.2, 0) is 0 Å². The Labute approximate surface area is 192 Å². The fourth-order valence-corrected chi connectivity index (χ4v) is 3.76. The van der Waals surface area contributed by atoms with Crippen LogP contribution in [0, 0.1) is 6.92 Å². The molecule has 0 spiro atoms. The molecule has 0 aliphatic carbocycles. The fraction of sp³-hybridized carbons (Fsp3) is 0.0400. The number of Topliss-reactive ketones (excluding diaryl/α,β-unsaturated/α-hetero) is 1. The van der Waals surface area contributed by atoms with E-state index >= 15 is 0 Å². The van der Waals surface area contributed by atoms with Crippen molar-refractivity contribution in [2.24, 2.45) is 0 Å². The highest BCUT2D eigenvalue weighted by Crippen LogP contribution is 2.39. The summed E-state index contributed by atoms with van der Waals surface area (Å²) in [5, 5.41) is 1.84. The molecule has 0 fully saturated rings. The van der Waals surface area contributed by atoms with Crippen molar-refractivity contribution in [1.29, 1.82) is 0 Å². The van der Waals surface area contributed by atoms with Crippen LogP contribution in [0.15, 0.2) is 70.8 Å². The summed E-state index contributed by atoms with van der Waals surface area (Å²) in [4.78, 5) is 25.4. The van der Waals surface area contributed by atoms with Crippen LogP contribution in [0.1, 0.15) is 32.0 Å². The van der Waals surface area contributed by atoms with Crippen LogP contribution < -0.4 is 9.47 Å². The lowest BCUT2D eigenvalue weighted by molar-refractivity contribution is 0.0702. The van der Waals surface area contributed by atoms with Gasteiger partial charge in [0.1, 0.15) is 17.1 Å². The molecular weight excluding hydrogens is 451 g/mol. The first-order valence-corrected chi connectivity index (χ1v) is 10.4. The Hall–Kier alpha value is -3.54. The highest BCUT2D eigenvalue weighted by molar-refractivity contribution is 6.31. The summed E-state index contributed by atoms with van der Waals surface area (Å²) >= 11 is 11.9. The molecule has 158 valence electrons. The second-order valence-electron chi connectivity index (χ2n) is 7.24. The van der Waals surface area contributed by atoms with Crippen molar-refractivity contribution in [2.45, 2.75) is 6.92 Å². The van der Waals surface area contributed by atoms with Gasteiger partial charge in [-0.15, -0.1) is 0 Å². The van der Waals surface area contributed by atoms with E-state index in [0.717, 1.165) is 5.56 Å². The highest BCUT2D eigenvalue weighted by atomic mass is 35.5. The SMILES string of the molecule is Cc1c(OC(=O)c2cc3cc(Cl)ccc3o2)ccc2c1O/C(=C\c1ccc(Cl)cc1)C2=O. The minimum Gasteiger partial charge on any atom is -0.452 e. The Bertz CT molecular complexity index is 1430. The van der Waals surface area contributed by atoms with E-state index < -0.39 is 5.97 Å². The number of hydrogen-bond acceptors (Lipinski definition) is 5. The molecular formula is C25H14Cl2O5. The standard InChI is InChI=1S/C25H14Cl2O5/c1-13-19(32-25(29)22-12-15-11-17(27)6-8-20(15)30-22)9-7-18-23(28)21(31-24(13)18)10-14-2-4-16(26)5-3-14/h2-12H,1H3/b21-10-. The normalized spacial score (nSPS) is 14.0. The topological polar surface area (TPSA) is 65.7 Å². The number of ether oxygens (including phenoxy) is 2. The van der Waals surface area contributed by atoms with Gasteiger partial charge >= 0.3 is 5.97 Å². The minimum atomic E-state index is -0.665. The molecule has 0 bridgehead atoms. The van der Waals surface area contributed by atoms with Crippen LogP contribution in [0.3, 0.4) is 0 Å². The Kier molecular flexibility index (Phi) is 5.00. The Morgan fingerprint density at radius 2 is 1.72 bits per heavy atom. The number of allylic oxidation sites excluding steroid dienone is 1. The number of rotatable bonds is 3. The molecule has 4 aromatic rings. The van der Waals surface area contributed by atoms with Crippen molar-refractivity contribution >= 4 is 52.0 Å². The van der Waals surface area contributed by atoms with Gasteiger partial charge in [-0.1, -0.05) is 35.3 Å². The number of furan rings is 1. The molecule has 3 aromatic carbocycles. The van der Waals surface area contributed by atoms with Crippen molar-refractivity contribution in [3.8, 4) is 11.5 Å².